The summed E-state index contributed by atoms with van der Waals surface area (Å²) in [5.74, 6) is -0.814. The Morgan fingerprint density at radius 3 is 2.66 bits per heavy atom. The zero-order valence-corrected chi connectivity index (χ0v) is 19.6. The molecular weight excluding hydrogens is 447 g/mol. The molecule has 2 heterocycles. The van der Waals surface area contributed by atoms with Gasteiger partial charge in [-0.15, -0.1) is 0 Å². The first-order chi connectivity index (χ1) is 16.7. The van der Waals surface area contributed by atoms with Crippen LogP contribution in [-0.4, -0.2) is 26.5 Å². The van der Waals surface area contributed by atoms with Crippen molar-refractivity contribution in [3.63, 3.8) is 0 Å². The number of rotatable bonds is 8. The Morgan fingerprint density at radius 2 is 2.00 bits per heavy atom. The van der Waals surface area contributed by atoms with Gasteiger partial charge in [-0.1, -0.05) is 12.1 Å². The molecule has 0 radical (unpaired) electrons. The van der Waals surface area contributed by atoms with Crippen molar-refractivity contribution in [2.75, 3.05) is 0 Å². The molecule has 8 heteroatoms. The molecule has 35 heavy (non-hydrogen) atoms. The monoisotopic (exact) mass is 472 g/mol. The van der Waals surface area contributed by atoms with Crippen molar-refractivity contribution in [2.24, 2.45) is 17.9 Å². The third-order valence-corrected chi connectivity index (χ3v) is 7.27. The Balaban J connectivity index is 1.24. The first kappa shape index (κ1) is 22.9. The van der Waals surface area contributed by atoms with Crippen LogP contribution in [0.5, 0.6) is 0 Å². The maximum Gasteiger partial charge on any atom is 0.312 e. The number of aromatic nitrogens is 3. The summed E-state index contributed by atoms with van der Waals surface area (Å²) in [4.78, 5) is 29.8. The van der Waals surface area contributed by atoms with Crippen LogP contribution in [0.2, 0.25) is 0 Å². The number of Topliss-reactive ketones (excluding diaryl/α,β-unsaturated/α-hetero) is 1. The number of nitriles is 1. The number of carbonyl (C=O) groups excluding carboxylic acids is 2. The van der Waals surface area contributed by atoms with Gasteiger partial charge in [-0.05, 0) is 61.4 Å². The summed E-state index contributed by atoms with van der Waals surface area (Å²) >= 11 is 0. The molecule has 0 amide bonds. The Kier molecular flexibility index (Phi) is 5.51. The smallest absolute Gasteiger partial charge is 0.312 e. The van der Waals surface area contributed by atoms with Crippen molar-refractivity contribution in [1.82, 2.24) is 14.8 Å². The molecule has 6 rings (SSSR count). The topological polar surface area (TPSA) is 97.9 Å². The van der Waals surface area contributed by atoms with Crippen LogP contribution in [0.15, 0.2) is 48.8 Å². The van der Waals surface area contributed by atoms with Crippen LogP contribution in [0.1, 0.15) is 60.3 Å². The molecule has 1 aromatic carbocycles. The van der Waals surface area contributed by atoms with Crippen LogP contribution < -0.4 is 0 Å². The molecular formula is C27H25FN4O3. The van der Waals surface area contributed by atoms with Crippen LogP contribution in [0.4, 0.5) is 4.39 Å². The number of aryl methyl sites for hydroxylation is 1. The highest BCUT2D eigenvalue weighted by Gasteiger charge is 2.68. The Labute approximate surface area is 202 Å². The molecule has 1 atom stereocenters. The summed E-state index contributed by atoms with van der Waals surface area (Å²) < 4.78 is 20.6. The van der Waals surface area contributed by atoms with E-state index in [1.54, 1.807) is 55.3 Å². The predicted octanol–water partition coefficient (Wildman–Crippen LogP) is 4.73. The van der Waals surface area contributed by atoms with Gasteiger partial charge < -0.3 is 4.74 Å². The van der Waals surface area contributed by atoms with E-state index in [1.165, 1.54) is 12.1 Å². The minimum Gasteiger partial charge on any atom is -0.457 e. The zero-order valence-electron chi connectivity index (χ0n) is 19.6. The number of ketones is 1. The van der Waals surface area contributed by atoms with Gasteiger partial charge in [-0.3, -0.25) is 19.3 Å². The van der Waals surface area contributed by atoms with Gasteiger partial charge >= 0.3 is 5.97 Å². The first-order valence-electron chi connectivity index (χ1n) is 11.6. The normalized spacial score (nSPS) is 22.9. The molecule has 3 aliphatic rings. The third kappa shape index (κ3) is 4.23. The number of ether oxygens (including phenoxy) is 1. The quantitative estimate of drug-likeness (QED) is 0.347. The molecule has 3 saturated carbocycles. The highest BCUT2D eigenvalue weighted by molar-refractivity contribution is 5.96. The van der Waals surface area contributed by atoms with E-state index in [0.29, 0.717) is 34.5 Å². The van der Waals surface area contributed by atoms with E-state index in [1.807, 2.05) is 0 Å². The van der Waals surface area contributed by atoms with Gasteiger partial charge in [0.15, 0.2) is 5.78 Å². The van der Waals surface area contributed by atoms with E-state index in [9.17, 15) is 19.2 Å². The minimum atomic E-state index is -0.595. The van der Waals surface area contributed by atoms with E-state index in [2.05, 4.69) is 16.2 Å². The van der Waals surface area contributed by atoms with Crippen LogP contribution in [0.3, 0.4) is 0 Å². The number of esters is 1. The van der Waals surface area contributed by atoms with E-state index < -0.39 is 12.1 Å². The number of halogens is 1. The number of nitrogens with zero attached hydrogens (tertiary/aromatic N) is 4. The van der Waals surface area contributed by atoms with Gasteiger partial charge in [0.05, 0.1) is 35.5 Å². The largest absolute Gasteiger partial charge is 0.457 e. The van der Waals surface area contributed by atoms with Gasteiger partial charge in [0.1, 0.15) is 11.9 Å². The molecule has 3 aromatic rings. The molecule has 3 fully saturated rings. The molecule has 0 saturated heterocycles. The van der Waals surface area contributed by atoms with Crippen molar-refractivity contribution in [3.05, 3.63) is 71.4 Å². The summed E-state index contributed by atoms with van der Waals surface area (Å²) in [7, 11) is 1.73. The average Bonchev–Trinajstić information content (AvgIpc) is 3.15. The lowest BCUT2D eigenvalue weighted by Crippen LogP contribution is -2.61. The molecule has 0 N–H and O–H groups in total. The lowest BCUT2D eigenvalue weighted by atomic mass is 9.34. The van der Waals surface area contributed by atoms with E-state index in [-0.39, 0.29) is 28.9 Å². The van der Waals surface area contributed by atoms with Crippen molar-refractivity contribution < 1.29 is 18.7 Å². The van der Waals surface area contributed by atoms with Crippen LogP contribution in [0.25, 0.3) is 11.3 Å². The summed E-state index contributed by atoms with van der Waals surface area (Å²) in [5.41, 5.74) is 2.86. The van der Waals surface area contributed by atoms with E-state index in [0.717, 1.165) is 19.3 Å². The standard InChI is InChI=1S/C27H25FN4O3/c1-17(18-4-3-5-20(28)8-18)35-25(34)9-23-21(12-31-32(23)2)22-7-6-19(11-30-22)24(33)10-26-13-27(14-26,15-26)16-29/h3-8,11-12,17H,9-10,13-15H2,1-2H3/t17-,26?,27?/m1/s1. The molecule has 0 unspecified atom stereocenters. The number of hydrogen-bond donors (Lipinski definition) is 0. The molecule has 3 aliphatic carbocycles. The predicted molar refractivity (Wildman–Crippen MR) is 124 cm³/mol. The number of pyridine rings is 1. The Bertz CT molecular complexity index is 1340. The zero-order chi connectivity index (χ0) is 24.8. The average molecular weight is 473 g/mol. The number of benzene rings is 1. The second kappa shape index (κ2) is 8.42. The Hall–Kier alpha value is -3.86. The van der Waals surface area contributed by atoms with E-state index in [4.69, 9.17) is 4.74 Å². The summed E-state index contributed by atoms with van der Waals surface area (Å²) in [6.45, 7) is 1.70. The summed E-state index contributed by atoms with van der Waals surface area (Å²) in [5, 5.41) is 13.4. The van der Waals surface area contributed by atoms with Crippen molar-refractivity contribution >= 4 is 11.8 Å². The number of carbonyl (C=O) groups is 2. The van der Waals surface area contributed by atoms with Crippen LogP contribution in [-0.2, 0) is 23.0 Å². The summed E-state index contributed by atoms with van der Waals surface area (Å²) in [6, 6.07) is 11.8. The Morgan fingerprint density at radius 1 is 1.23 bits per heavy atom. The second-order valence-corrected chi connectivity index (χ2v) is 9.95. The molecule has 7 nitrogen and oxygen atoms in total. The van der Waals surface area contributed by atoms with Crippen molar-refractivity contribution in [1.29, 1.82) is 5.26 Å². The van der Waals surface area contributed by atoms with Crippen LogP contribution >= 0.6 is 0 Å². The molecule has 0 spiro atoms. The number of hydrogen-bond acceptors (Lipinski definition) is 6. The lowest BCUT2D eigenvalue weighted by Gasteiger charge is -2.67. The van der Waals surface area contributed by atoms with Gasteiger partial charge in [-0.25, -0.2) is 4.39 Å². The molecule has 2 bridgehead atoms. The van der Waals surface area contributed by atoms with Gasteiger partial charge in [0, 0.05) is 30.8 Å². The maximum atomic E-state index is 13.5. The fraction of sp³-hybridized carbons (Fsp3) is 0.370. The molecule has 178 valence electrons. The molecule has 0 aliphatic heterocycles. The van der Waals surface area contributed by atoms with Gasteiger partial charge in [0.25, 0.3) is 0 Å². The fourth-order valence-corrected chi connectivity index (χ4v) is 5.55. The van der Waals surface area contributed by atoms with Crippen LogP contribution in [0, 0.1) is 28.0 Å². The highest BCUT2D eigenvalue weighted by atomic mass is 19.1. The van der Waals surface area contributed by atoms with Gasteiger partial charge in [-0.2, -0.15) is 10.4 Å². The van der Waals surface area contributed by atoms with E-state index >= 15 is 0 Å². The second-order valence-electron chi connectivity index (χ2n) is 9.95. The molecule has 2 aromatic heterocycles. The maximum absolute atomic E-state index is 13.5. The minimum absolute atomic E-state index is 0.00498. The lowest BCUT2D eigenvalue weighted by molar-refractivity contribution is -0.159. The SMILES string of the molecule is C[C@@H](OC(=O)Cc1c(-c2ccc(C(=O)CC34CC(C#N)(C3)C4)cn2)cnn1C)c1cccc(F)c1. The van der Waals surface area contributed by atoms with Gasteiger partial charge in [0.2, 0.25) is 0 Å². The summed E-state index contributed by atoms with van der Waals surface area (Å²) in [6.07, 6.45) is 5.47. The van der Waals surface area contributed by atoms with Crippen molar-refractivity contribution in [3.8, 4) is 17.3 Å². The fourth-order valence-electron chi connectivity index (χ4n) is 5.55. The van der Waals surface area contributed by atoms with Crippen molar-refractivity contribution in [2.45, 2.75) is 45.1 Å². The third-order valence-electron chi connectivity index (χ3n) is 7.27. The first-order valence-corrected chi connectivity index (χ1v) is 11.6. The highest BCUT2D eigenvalue weighted by Crippen LogP contribution is 2.74.